The molecule has 3 rings (SSSR count). The molecule has 0 aromatic heterocycles. The highest BCUT2D eigenvalue weighted by atomic mass is 16.5. The van der Waals surface area contributed by atoms with Crippen LogP contribution in [-0.4, -0.2) is 49.6 Å². The SMILES string of the molecule is CCOc1ccc(NC(=O)C(C)N2CCC(C(=O)Nc3ccccc3OC)CC2)cc1. The van der Waals surface area contributed by atoms with E-state index in [1.807, 2.05) is 62.4 Å². The van der Waals surface area contributed by atoms with Gasteiger partial charge in [-0.2, -0.15) is 0 Å². The highest BCUT2D eigenvalue weighted by molar-refractivity contribution is 5.95. The van der Waals surface area contributed by atoms with Crippen LogP contribution in [0, 0.1) is 5.92 Å². The number of ether oxygens (including phenoxy) is 2. The average Bonchev–Trinajstić information content (AvgIpc) is 2.80. The lowest BCUT2D eigenvalue weighted by Gasteiger charge is -2.34. The van der Waals surface area contributed by atoms with Gasteiger partial charge in [0.1, 0.15) is 11.5 Å². The Morgan fingerprint density at radius 1 is 1.06 bits per heavy atom. The van der Waals surface area contributed by atoms with E-state index < -0.39 is 0 Å². The number of hydrogen-bond donors (Lipinski definition) is 2. The molecule has 0 radical (unpaired) electrons. The number of benzene rings is 2. The van der Waals surface area contributed by atoms with E-state index in [9.17, 15) is 9.59 Å². The Labute approximate surface area is 183 Å². The summed E-state index contributed by atoms with van der Waals surface area (Å²) in [6.07, 6.45) is 1.42. The van der Waals surface area contributed by atoms with Crippen LogP contribution < -0.4 is 20.1 Å². The van der Waals surface area contributed by atoms with E-state index in [4.69, 9.17) is 9.47 Å². The molecular weight excluding hydrogens is 394 g/mol. The highest BCUT2D eigenvalue weighted by Gasteiger charge is 2.30. The third-order valence-corrected chi connectivity index (χ3v) is 5.63. The van der Waals surface area contributed by atoms with E-state index in [0.717, 1.165) is 11.4 Å². The molecule has 1 unspecified atom stereocenters. The van der Waals surface area contributed by atoms with Gasteiger partial charge in [-0.3, -0.25) is 14.5 Å². The molecule has 1 aliphatic heterocycles. The Morgan fingerprint density at radius 3 is 2.39 bits per heavy atom. The van der Waals surface area contributed by atoms with E-state index >= 15 is 0 Å². The maximum Gasteiger partial charge on any atom is 0.241 e. The molecule has 7 nitrogen and oxygen atoms in total. The van der Waals surface area contributed by atoms with Crippen molar-refractivity contribution in [1.82, 2.24) is 4.90 Å². The van der Waals surface area contributed by atoms with Crippen LogP contribution in [0.1, 0.15) is 26.7 Å². The molecule has 1 aliphatic rings. The average molecular weight is 426 g/mol. The maximum absolute atomic E-state index is 12.7. The summed E-state index contributed by atoms with van der Waals surface area (Å²) in [4.78, 5) is 27.5. The van der Waals surface area contributed by atoms with Gasteiger partial charge in [-0.05, 0) is 76.2 Å². The van der Waals surface area contributed by atoms with Crippen molar-refractivity contribution < 1.29 is 19.1 Å². The maximum atomic E-state index is 12.7. The van der Waals surface area contributed by atoms with Crippen molar-refractivity contribution in [2.24, 2.45) is 5.92 Å². The minimum absolute atomic E-state index is 0.00403. The fraction of sp³-hybridized carbons (Fsp3) is 0.417. The van der Waals surface area contributed by atoms with Gasteiger partial charge in [-0.1, -0.05) is 12.1 Å². The topological polar surface area (TPSA) is 79.9 Å². The fourth-order valence-electron chi connectivity index (χ4n) is 3.75. The van der Waals surface area contributed by atoms with Crippen LogP contribution >= 0.6 is 0 Å². The molecule has 2 N–H and O–H groups in total. The normalized spacial score (nSPS) is 15.7. The Bertz CT molecular complexity index is 877. The van der Waals surface area contributed by atoms with Crippen molar-refractivity contribution in [1.29, 1.82) is 0 Å². The summed E-state index contributed by atoms with van der Waals surface area (Å²) in [5.41, 5.74) is 1.42. The molecule has 0 saturated carbocycles. The Morgan fingerprint density at radius 2 is 1.74 bits per heavy atom. The lowest BCUT2D eigenvalue weighted by atomic mass is 9.94. The number of methoxy groups -OCH3 is 1. The Kier molecular flexibility index (Phi) is 7.89. The van der Waals surface area contributed by atoms with Crippen LogP contribution in [0.3, 0.4) is 0 Å². The molecule has 0 bridgehead atoms. The lowest BCUT2D eigenvalue weighted by molar-refractivity contribution is -0.123. The van der Waals surface area contributed by atoms with Crippen molar-refractivity contribution in [2.75, 3.05) is 37.4 Å². The summed E-state index contributed by atoms with van der Waals surface area (Å²) in [7, 11) is 1.59. The quantitative estimate of drug-likeness (QED) is 0.673. The summed E-state index contributed by atoms with van der Waals surface area (Å²) >= 11 is 0. The second kappa shape index (κ2) is 10.8. The van der Waals surface area contributed by atoms with E-state index in [1.54, 1.807) is 7.11 Å². The molecular formula is C24H31N3O4. The first-order valence-corrected chi connectivity index (χ1v) is 10.7. The standard InChI is InChI=1S/C24H31N3O4/c1-4-31-20-11-9-19(10-12-20)25-23(28)17(2)27-15-13-18(14-16-27)24(29)26-21-7-5-6-8-22(21)30-3/h5-12,17-18H,4,13-16H2,1-3H3,(H,25,28)(H,26,29). The molecule has 2 aromatic carbocycles. The number of piperidine rings is 1. The molecule has 7 heteroatoms. The van der Waals surface area contributed by atoms with Gasteiger partial charge in [-0.25, -0.2) is 0 Å². The number of likely N-dealkylation sites (tertiary alicyclic amines) is 1. The number of rotatable bonds is 8. The highest BCUT2D eigenvalue weighted by Crippen LogP contribution is 2.26. The Balaban J connectivity index is 1.49. The molecule has 2 amide bonds. The van der Waals surface area contributed by atoms with Crippen LogP contribution in [0.2, 0.25) is 0 Å². The molecule has 1 saturated heterocycles. The van der Waals surface area contributed by atoms with Crippen molar-refractivity contribution in [3.63, 3.8) is 0 Å². The Hall–Kier alpha value is -3.06. The van der Waals surface area contributed by atoms with Crippen molar-refractivity contribution >= 4 is 23.2 Å². The van der Waals surface area contributed by atoms with Crippen molar-refractivity contribution in [2.45, 2.75) is 32.7 Å². The van der Waals surface area contributed by atoms with Crippen LogP contribution in [0.4, 0.5) is 11.4 Å². The molecule has 31 heavy (non-hydrogen) atoms. The van der Waals surface area contributed by atoms with Gasteiger partial charge in [0.15, 0.2) is 0 Å². The van der Waals surface area contributed by atoms with Gasteiger partial charge in [0.05, 0.1) is 25.4 Å². The van der Waals surface area contributed by atoms with Gasteiger partial charge in [-0.15, -0.1) is 0 Å². The first-order valence-electron chi connectivity index (χ1n) is 10.7. The van der Waals surface area contributed by atoms with Gasteiger partial charge in [0.2, 0.25) is 11.8 Å². The van der Waals surface area contributed by atoms with Crippen LogP contribution in [0.15, 0.2) is 48.5 Å². The second-order valence-electron chi connectivity index (χ2n) is 7.62. The predicted molar refractivity (Wildman–Crippen MR) is 122 cm³/mol. The first-order chi connectivity index (χ1) is 15.0. The number of anilines is 2. The zero-order valence-corrected chi connectivity index (χ0v) is 18.4. The molecule has 1 heterocycles. The number of amides is 2. The molecule has 166 valence electrons. The smallest absolute Gasteiger partial charge is 0.241 e. The van der Waals surface area contributed by atoms with E-state index in [0.29, 0.717) is 44.0 Å². The number of nitrogens with zero attached hydrogens (tertiary/aromatic N) is 1. The van der Waals surface area contributed by atoms with Crippen molar-refractivity contribution in [3.05, 3.63) is 48.5 Å². The van der Waals surface area contributed by atoms with E-state index in [1.165, 1.54) is 0 Å². The molecule has 2 aromatic rings. The number of hydrogen-bond acceptors (Lipinski definition) is 5. The van der Waals surface area contributed by atoms with Crippen LogP contribution in [0.25, 0.3) is 0 Å². The van der Waals surface area contributed by atoms with Gasteiger partial charge < -0.3 is 20.1 Å². The fourth-order valence-corrected chi connectivity index (χ4v) is 3.75. The van der Waals surface area contributed by atoms with Crippen molar-refractivity contribution in [3.8, 4) is 11.5 Å². The number of para-hydroxylation sites is 2. The molecule has 0 aliphatic carbocycles. The monoisotopic (exact) mass is 425 g/mol. The number of carbonyl (C=O) groups excluding carboxylic acids is 2. The van der Waals surface area contributed by atoms with Crippen LogP contribution in [0.5, 0.6) is 11.5 Å². The summed E-state index contributed by atoms with van der Waals surface area (Å²) in [6.45, 7) is 5.83. The molecule has 0 spiro atoms. The van der Waals surface area contributed by atoms with E-state index in [-0.39, 0.29) is 23.8 Å². The molecule has 1 atom stereocenters. The summed E-state index contributed by atoms with van der Waals surface area (Å²) < 4.78 is 10.7. The summed E-state index contributed by atoms with van der Waals surface area (Å²) in [5, 5.41) is 5.93. The van der Waals surface area contributed by atoms with Crippen LogP contribution in [-0.2, 0) is 9.59 Å². The largest absolute Gasteiger partial charge is 0.495 e. The zero-order chi connectivity index (χ0) is 22.2. The number of nitrogens with one attached hydrogen (secondary N) is 2. The van der Waals surface area contributed by atoms with E-state index in [2.05, 4.69) is 15.5 Å². The summed E-state index contributed by atoms with van der Waals surface area (Å²) in [5.74, 6) is 1.29. The second-order valence-corrected chi connectivity index (χ2v) is 7.62. The van der Waals surface area contributed by atoms with Gasteiger partial charge in [0.25, 0.3) is 0 Å². The van der Waals surface area contributed by atoms with Gasteiger partial charge in [0, 0.05) is 11.6 Å². The zero-order valence-electron chi connectivity index (χ0n) is 18.4. The minimum atomic E-state index is -0.273. The van der Waals surface area contributed by atoms with Gasteiger partial charge >= 0.3 is 0 Å². The lowest BCUT2D eigenvalue weighted by Crippen LogP contribution is -2.47. The first kappa shape index (κ1) is 22.6. The third kappa shape index (κ3) is 5.98. The third-order valence-electron chi connectivity index (χ3n) is 5.63. The summed E-state index contributed by atoms with van der Waals surface area (Å²) in [6, 6.07) is 14.5. The minimum Gasteiger partial charge on any atom is -0.495 e. The number of carbonyl (C=O) groups is 2. The predicted octanol–water partition coefficient (Wildman–Crippen LogP) is 3.77. The molecule has 1 fully saturated rings.